The van der Waals surface area contributed by atoms with Crippen molar-refractivity contribution in [1.82, 2.24) is 0 Å². The molecular formula is C20H30O4. The first kappa shape index (κ1) is 20.4. The van der Waals surface area contributed by atoms with Crippen LogP contribution in [0.25, 0.3) is 0 Å². The van der Waals surface area contributed by atoms with Gasteiger partial charge in [-0.1, -0.05) is 42.5 Å². The summed E-state index contributed by atoms with van der Waals surface area (Å²) in [5.41, 5.74) is 0.0867. The first-order valence-electron chi connectivity index (χ1n) is 8.25. The largest absolute Gasteiger partial charge is 0.456 e. The molecule has 0 spiro atoms. The van der Waals surface area contributed by atoms with E-state index >= 15 is 0 Å². The second kappa shape index (κ2) is 7.95. The number of carbonyl (C=O) groups excluding carboxylic acids is 1. The van der Waals surface area contributed by atoms with E-state index in [2.05, 4.69) is 6.58 Å². The molecule has 0 saturated carbocycles. The highest BCUT2D eigenvalue weighted by Crippen LogP contribution is 2.38. The maximum atomic E-state index is 12.1. The Morgan fingerprint density at radius 1 is 1.33 bits per heavy atom. The van der Waals surface area contributed by atoms with Crippen LogP contribution in [0.1, 0.15) is 48.0 Å². The molecule has 1 aliphatic rings. The third-order valence-electron chi connectivity index (χ3n) is 4.31. The minimum Gasteiger partial charge on any atom is -0.456 e. The van der Waals surface area contributed by atoms with Gasteiger partial charge in [-0.05, 0) is 41.5 Å². The number of hydrogen-bond acceptors (Lipinski definition) is 4. The normalized spacial score (nSPS) is 31.1. The van der Waals surface area contributed by atoms with Crippen molar-refractivity contribution in [2.75, 3.05) is 0 Å². The smallest absolute Gasteiger partial charge is 0.333 e. The van der Waals surface area contributed by atoms with Crippen molar-refractivity contribution >= 4 is 5.97 Å². The predicted octanol–water partition coefficient (Wildman–Crippen LogP) is 3.87. The second-order valence-corrected chi connectivity index (χ2v) is 7.06. The lowest BCUT2D eigenvalue weighted by atomic mass is 9.83. The van der Waals surface area contributed by atoms with Gasteiger partial charge in [-0.25, -0.2) is 4.79 Å². The van der Waals surface area contributed by atoms with Crippen molar-refractivity contribution in [3.05, 3.63) is 48.1 Å². The van der Waals surface area contributed by atoms with Crippen molar-refractivity contribution in [3.63, 3.8) is 0 Å². The van der Waals surface area contributed by atoms with Crippen molar-refractivity contribution in [1.29, 1.82) is 0 Å². The fourth-order valence-electron chi connectivity index (χ4n) is 2.69. The Morgan fingerprint density at radius 3 is 2.50 bits per heavy atom. The summed E-state index contributed by atoms with van der Waals surface area (Å²) in [7, 11) is 0. The first-order valence-corrected chi connectivity index (χ1v) is 8.25. The lowest BCUT2D eigenvalue weighted by Gasteiger charge is -2.48. The van der Waals surface area contributed by atoms with Crippen molar-refractivity contribution in [2.24, 2.45) is 0 Å². The summed E-state index contributed by atoms with van der Waals surface area (Å²) in [6.45, 7) is 14.7. The highest BCUT2D eigenvalue weighted by atomic mass is 16.6. The van der Waals surface area contributed by atoms with E-state index in [9.17, 15) is 9.90 Å². The van der Waals surface area contributed by atoms with Gasteiger partial charge >= 0.3 is 5.97 Å². The van der Waals surface area contributed by atoms with E-state index in [-0.39, 0.29) is 0 Å². The van der Waals surface area contributed by atoms with Gasteiger partial charge in [-0.15, -0.1) is 0 Å². The summed E-state index contributed by atoms with van der Waals surface area (Å²) in [6.07, 6.45) is 8.10. The van der Waals surface area contributed by atoms with Gasteiger partial charge in [0.05, 0.1) is 11.2 Å². The van der Waals surface area contributed by atoms with Crippen molar-refractivity contribution in [3.8, 4) is 0 Å². The average molecular weight is 334 g/mol. The third kappa shape index (κ3) is 5.18. The van der Waals surface area contributed by atoms with Gasteiger partial charge < -0.3 is 14.6 Å². The molecule has 0 radical (unpaired) electrons. The molecule has 134 valence electrons. The van der Waals surface area contributed by atoms with E-state index in [1.165, 1.54) is 0 Å². The quantitative estimate of drug-likeness (QED) is 0.471. The molecule has 1 saturated heterocycles. The number of esters is 1. The number of aliphatic hydroxyl groups excluding tert-OH is 1. The van der Waals surface area contributed by atoms with Gasteiger partial charge in [0.15, 0.2) is 0 Å². The lowest BCUT2D eigenvalue weighted by Crippen LogP contribution is -2.59. The van der Waals surface area contributed by atoms with E-state index in [4.69, 9.17) is 9.47 Å². The summed E-state index contributed by atoms with van der Waals surface area (Å²) < 4.78 is 11.6. The van der Waals surface area contributed by atoms with Crippen molar-refractivity contribution in [2.45, 2.75) is 71.4 Å². The van der Waals surface area contributed by atoms with Crippen LogP contribution in [0, 0.1) is 0 Å². The standard InChI is InChI=1S/C20H30O4/c1-8-14(3)11-10-12-20(7)13-16(17(21)19(5,6)24-20)23-18(22)15(4)9-2/h8-12,16-17,21H,1,13H2,2-7H3/b12-10+,14-11+,15-9-/t16-,17+,20+/m1/s1. The molecule has 1 fully saturated rings. The van der Waals surface area contributed by atoms with Crippen LogP contribution in [-0.2, 0) is 14.3 Å². The zero-order valence-corrected chi connectivity index (χ0v) is 15.6. The summed E-state index contributed by atoms with van der Waals surface area (Å²) >= 11 is 0. The predicted molar refractivity (Wildman–Crippen MR) is 96.6 cm³/mol. The Bertz CT molecular complexity index is 568. The number of ether oxygens (including phenoxy) is 2. The van der Waals surface area contributed by atoms with Gasteiger partial charge in [0.25, 0.3) is 0 Å². The highest BCUT2D eigenvalue weighted by molar-refractivity contribution is 5.87. The zero-order chi connectivity index (χ0) is 18.5. The van der Waals surface area contributed by atoms with E-state index in [0.717, 1.165) is 5.57 Å². The number of aliphatic hydroxyl groups is 1. The molecule has 1 aliphatic heterocycles. The highest BCUT2D eigenvalue weighted by Gasteiger charge is 2.49. The molecule has 0 amide bonds. The van der Waals surface area contributed by atoms with Gasteiger partial charge in [0, 0.05) is 12.0 Å². The van der Waals surface area contributed by atoms with Crippen LogP contribution in [0.3, 0.4) is 0 Å². The number of rotatable bonds is 5. The molecular weight excluding hydrogens is 304 g/mol. The van der Waals surface area contributed by atoms with Crippen LogP contribution in [0.5, 0.6) is 0 Å². The first-order chi connectivity index (χ1) is 11.0. The van der Waals surface area contributed by atoms with Gasteiger partial charge in [0.2, 0.25) is 0 Å². The van der Waals surface area contributed by atoms with E-state index in [1.54, 1.807) is 39.8 Å². The molecule has 1 heterocycles. The monoisotopic (exact) mass is 334 g/mol. The SMILES string of the molecule is C=C/C(C)=C/C=C/[C@@]1(C)C[C@@H](OC(=O)/C(C)=C\C)[C@H](O)C(C)(C)O1. The minimum atomic E-state index is -0.891. The van der Waals surface area contributed by atoms with Crippen LogP contribution >= 0.6 is 0 Å². The zero-order valence-electron chi connectivity index (χ0n) is 15.6. The Kier molecular flexibility index (Phi) is 6.76. The molecule has 0 aliphatic carbocycles. The summed E-state index contributed by atoms with van der Waals surface area (Å²) in [5, 5.41) is 10.5. The molecule has 1 rings (SSSR count). The Hall–Kier alpha value is -1.65. The van der Waals surface area contributed by atoms with E-state index < -0.39 is 29.4 Å². The summed E-state index contributed by atoms with van der Waals surface area (Å²) in [6, 6.07) is 0. The topological polar surface area (TPSA) is 55.8 Å². The Morgan fingerprint density at radius 2 is 1.96 bits per heavy atom. The molecule has 0 bridgehead atoms. The van der Waals surface area contributed by atoms with Crippen LogP contribution in [-0.4, -0.2) is 34.5 Å². The second-order valence-electron chi connectivity index (χ2n) is 7.06. The van der Waals surface area contributed by atoms with Gasteiger partial charge in [-0.2, -0.15) is 0 Å². The van der Waals surface area contributed by atoms with E-state index in [0.29, 0.717) is 12.0 Å². The molecule has 4 heteroatoms. The summed E-state index contributed by atoms with van der Waals surface area (Å²) in [5.74, 6) is -0.409. The number of hydrogen-bond donors (Lipinski definition) is 1. The van der Waals surface area contributed by atoms with Crippen LogP contribution < -0.4 is 0 Å². The van der Waals surface area contributed by atoms with Crippen LogP contribution in [0.4, 0.5) is 0 Å². The van der Waals surface area contributed by atoms with Crippen molar-refractivity contribution < 1.29 is 19.4 Å². The Labute approximate surface area is 145 Å². The number of allylic oxidation sites excluding steroid dienone is 5. The molecule has 0 aromatic heterocycles. The average Bonchev–Trinajstić information content (AvgIpc) is 2.50. The maximum Gasteiger partial charge on any atom is 0.333 e. The van der Waals surface area contributed by atoms with Crippen LogP contribution in [0.2, 0.25) is 0 Å². The van der Waals surface area contributed by atoms with Gasteiger partial charge in [-0.3, -0.25) is 0 Å². The molecule has 3 atom stereocenters. The fraction of sp³-hybridized carbons (Fsp3) is 0.550. The third-order valence-corrected chi connectivity index (χ3v) is 4.31. The molecule has 0 aromatic rings. The molecule has 4 nitrogen and oxygen atoms in total. The molecule has 1 N–H and O–H groups in total. The van der Waals surface area contributed by atoms with Crippen LogP contribution in [0.15, 0.2) is 48.1 Å². The maximum absolute atomic E-state index is 12.1. The minimum absolute atomic E-state index is 0.387. The Balaban J connectivity index is 3.01. The summed E-state index contributed by atoms with van der Waals surface area (Å²) in [4.78, 5) is 12.1. The molecule has 0 aromatic carbocycles. The van der Waals surface area contributed by atoms with Gasteiger partial charge in [0.1, 0.15) is 12.2 Å². The number of carbonyl (C=O) groups is 1. The lowest BCUT2D eigenvalue weighted by molar-refractivity contribution is -0.239. The van der Waals surface area contributed by atoms with E-state index in [1.807, 2.05) is 32.1 Å². The molecule has 0 unspecified atom stereocenters. The fourth-order valence-corrected chi connectivity index (χ4v) is 2.69. The molecule has 24 heavy (non-hydrogen) atoms.